The third-order valence-corrected chi connectivity index (χ3v) is 5.03. The summed E-state index contributed by atoms with van der Waals surface area (Å²) in [6.45, 7) is 1.88. The van der Waals surface area contributed by atoms with E-state index in [9.17, 15) is 13.2 Å². The van der Waals surface area contributed by atoms with Gasteiger partial charge in [-0.3, -0.25) is 4.79 Å². The lowest BCUT2D eigenvalue weighted by Crippen LogP contribution is -2.22. The van der Waals surface area contributed by atoms with E-state index < -0.39 is 9.84 Å². The van der Waals surface area contributed by atoms with Crippen molar-refractivity contribution in [1.29, 1.82) is 0 Å². The monoisotopic (exact) mass is 396 g/mol. The quantitative estimate of drug-likeness (QED) is 0.813. The van der Waals surface area contributed by atoms with E-state index in [1.807, 2.05) is 25.1 Å². The SMILES string of the molecule is Cc1ccc(S(C)(=O)=O)cc1NCC(=O)Nc1ccccc1Br. The van der Waals surface area contributed by atoms with Crippen molar-refractivity contribution in [2.45, 2.75) is 11.8 Å². The number of amides is 1. The van der Waals surface area contributed by atoms with Gasteiger partial charge in [0.25, 0.3) is 0 Å². The van der Waals surface area contributed by atoms with Crippen LogP contribution in [0.3, 0.4) is 0 Å². The molecule has 0 aliphatic carbocycles. The summed E-state index contributed by atoms with van der Waals surface area (Å²) in [5.41, 5.74) is 2.17. The first-order valence-electron chi connectivity index (χ1n) is 6.86. The van der Waals surface area contributed by atoms with Crippen molar-refractivity contribution in [3.05, 3.63) is 52.5 Å². The summed E-state index contributed by atoms with van der Waals surface area (Å²) in [6.07, 6.45) is 1.15. The summed E-state index contributed by atoms with van der Waals surface area (Å²) < 4.78 is 24.0. The number of anilines is 2. The molecule has 1 amide bonds. The molecule has 2 aromatic rings. The number of halogens is 1. The molecule has 0 saturated heterocycles. The van der Waals surface area contributed by atoms with E-state index in [1.165, 1.54) is 6.07 Å². The fraction of sp³-hybridized carbons (Fsp3) is 0.188. The molecule has 0 unspecified atom stereocenters. The lowest BCUT2D eigenvalue weighted by molar-refractivity contribution is -0.114. The Balaban J connectivity index is 2.06. The molecule has 0 saturated carbocycles. The number of aryl methyl sites for hydroxylation is 1. The Labute approximate surface area is 144 Å². The maximum atomic E-state index is 12.0. The van der Waals surface area contributed by atoms with Crippen LogP contribution in [0.25, 0.3) is 0 Å². The number of benzene rings is 2. The molecule has 0 aliphatic heterocycles. The average molecular weight is 397 g/mol. The predicted molar refractivity (Wildman–Crippen MR) is 95.6 cm³/mol. The molecule has 23 heavy (non-hydrogen) atoms. The number of carbonyl (C=O) groups is 1. The van der Waals surface area contributed by atoms with Crippen LogP contribution in [0.5, 0.6) is 0 Å². The Morgan fingerprint density at radius 2 is 1.83 bits per heavy atom. The van der Waals surface area contributed by atoms with Crippen LogP contribution in [0.4, 0.5) is 11.4 Å². The Hall–Kier alpha value is -1.86. The molecular formula is C16H17BrN2O3S. The number of carbonyl (C=O) groups excluding carboxylic acids is 1. The highest BCUT2D eigenvalue weighted by atomic mass is 79.9. The summed E-state index contributed by atoms with van der Waals surface area (Å²) in [6, 6.07) is 12.1. The number of hydrogen-bond donors (Lipinski definition) is 2. The predicted octanol–water partition coefficient (Wildman–Crippen LogP) is 3.21. The van der Waals surface area contributed by atoms with Crippen LogP contribution in [0, 0.1) is 6.92 Å². The molecule has 0 aromatic heterocycles. The van der Waals surface area contributed by atoms with Gasteiger partial charge >= 0.3 is 0 Å². The highest BCUT2D eigenvalue weighted by Crippen LogP contribution is 2.22. The van der Waals surface area contributed by atoms with E-state index in [2.05, 4.69) is 26.6 Å². The van der Waals surface area contributed by atoms with Crippen LogP contribution in [-0.4, -0.2) is 27.1 Å². The summed E-state index contributed by atoms with van der Waals surface area (Å²) in [5.74, 6) is -0.221. The first-order chi connectivity index (χ1) is 10.8. The second kappa shape index (κ2) is 7.14. The Kier molecular flexibility index (Phi) is 5.43. The Morgan fingerprint density at radius 3 is 2.48 bits per heavy atom. The number of sulfone groups is 1. The van der Waals surface area contributed by atoms with Crippen molar-refractivity contribution in [3.63, 3.8) is 0 Å². The number of nitrogens with one attached hydrogen (secondary N) is 2. The summed E-state index contributed by atoms with van der Waals surface area (Å²) in [7, 11) is -3.28. The van der Waals surface area contributed by atoms with Gasteiger partial charge in [0.15, 0.2) is 9.84 Å². The molecule has 122 valence electrons. The first-order valence-corrected chi connectivity index (χ1v) is 9.55. The fourth-order valence-electron chi connectivity index (χ4n) is 1.95. The maximum Gasteiger partial charge on any atom is 0.243 e. The second-order valence-electron chi connectivity index (χ2n) is 5.13. The van der Waals surface area contributed by atoms with Gasteiger partial charge in [-0.05, 0) is 52.7 Å². The first kappa shape index (κ1) is 17.5. The van der Waals surface area contributed by atoms with Gasteiger partial charge in [-0.1, -0.05) is 18.2 Å². The molecule has 0 heterocycles. The molecule has 7 heteroatoms. The van der Waals surface area contributed by atoms with Crippen LogP contribution in [0.2, 0.25) is 0 Å². The molecule has 2 N–H and O–H groups in total. The van der Waals surface area contributed by atoms with Gasteiger partial charge in [0.05, 0.1) is 17.1 Å². The zero-order valence-corrected chi connectivity index (χ0v) is 15.2. The smallest absolute Gasteiger partial charge is 0.243 e. The van der Waals surface area contributed by atoms with E-state index in [4.69, 9.17) is 0 Å². The molecule has 0 aliphatic rings. The second-order valence-corrected chi connectivity index (χ2v) is 8.00. The van der Waals surface area contributed by atoms with Gasteiger partial charge in [-0.25, -0.2) is 8.42 Å². The molecular weight excluding hydrogens is 380 g/mol. The molecule has 5 nitrogen and oxygen atoms in total. The highest BCUT2D eigenvalue weighted by molar-refractivity contribution is 9.10. The zero-order valence-electron chi connectivity index (χ0n) is 12.8. The van der Waals surface area contributed by atoms with Crippen LogP contribution in [0.1, 0.15) is 5.56 Å². The third-order valence-electron chi connectivity index (χ3n) is 3.22. The van der Waals surface area contributed by atoms with Crippen LogP contribution >= 0.6 is 15.9 Å². The van der Waals surface area contributed by atoms with Crippen molar-refractivity contribution < 1.29 is 13.2 Å². The molecule has 2 rings (SSSR count). The molecule has 0 spiro atoms. The van der Waals surface area contributed by atoms with Crippen molar-refractivity contribution >= 4 is 43.0 Å². The summed E-state index contributed by atoms with van der Waals surface area (Å²) in [5, 5.41) is 5.75. The number of hydrogen-bond acceptors (Lipinski definition) is 4. The molecule has 2 aromatic carbocycles. The van der Waals surface area contributed by atoms with Crippen LogP contribution in [0.15, 0.2) is 51.8 Å². The molecule has 0 radical (unpaired) electrons. The van der Waals surface area contributed by atoms with Gasteiger partial charge in [0.1, 0.15) is 0 Å². The van der Waals surface area contributed by atoms with E-state index in [1.54, 1.807) is 18.2 Å². The van der Waals surface area contributed by atoms with Gasteiger partial charge in [0, 0.05) is 16.4 Å². The lowest BCUT2D eigenvalue weighted by atomic mass is 10.2. The van der Waals surface area contributed by atoms with Crippen molar-refractivity contribution in [1.82, 2.24) is 0 Å². The Bertz CT molecular complexity index is 835. The topological polar surface area (TPSA) is 75.3 Å². The van der Waals surface area contributed by atoms with E-state index in [0.717, 1.165) is 16.3 Å². The van der Waals surface area contributed by atoms with Crippen molar-refractivity contribution in [2.24, 2.45) is 0 Å². The van der Waals surface area contributed by atoms with Crippen LogP contribution < -0.4 is 10.6 Å². The minimum Gasteiger partial charge on any atom is -0.376 e. The molecule has 0 fully saturated rings. The molecule has 0 atom stereocenters. The summed E-state index contributed by atoms with van der Waals surface area (Å²) in [4.78, 5) is 12.2. The fourth-order valence-corrected chi connectivity index (χ4v) is 2.99. The van der Waals surface area contributed by atoms with E-state index in [0.29, 0.717) is 11.4 Å². The van der Waals surface area contributed by atoms with Crippen LogP contribution in [-0.2, 0) is 14.6 Å². The Morgan fingerprint density at radius 1 is 1.13 bits per heavy atom. The minimum atomic E-state index is -3.28. The zero-order chi connectivity index (χ0) is 17.0. The van der Waals surface area contributed by atoms with Gasteiger partial charge in [-0.15, -0.1) is 0 Å². The largest absolute Gasteiger partial charge is 0.376 e. The van der Waals surface area contributed by atoms with Gasteiger partial charge < -0.3 is 10.6 Å². The summed E-state index contributed by atoms with van der Waals surface area (Å²) >= 11 is 3.36. The maximum absolute atomic E-state index is 12.0. The standard InChI is InChI=1S/C16H17BrN2O3S/c1-11-7-8-12(23(2,21)22)9-15(11)18-10-16(20)19-14-6-4-3-5-13(14)17/h3-9,18H,10H2,1-2H3,(H,19,20). The minimum absolute atomic E-state index is 0.0371. The van der Waals surface area contributed by atoms with Crippen molar-refractivity contribution in [2.75, 3.05) is 23.4 Å². The van der Waals surface area contributed by atoms with Crippen molar-refractivity contribution in [3.8, 4) is 0 Å². The number of rotatable bonds is 5. The normalized spacial score (nSPS) is 11.1. The van der Waals surface area contributed by atoms with Gasteiger partial charge in [0.2, 0.25) is 5.91 Å². The third kappa shape index (κ3) is 4.80. The van der Waals surface area contributed by atoms with E-state index in [-0.39, 0.29) is 17.3 Å². The molecule has 0 bridgehead atoms. The van der Waals surface area contributed by atoms with Gasteiger partial charge in [-0.2, -0.15) is 0 Å². The van der Waals surface area contributed by atoms with E-state index >= 15 is 0 Å². The average Bonchev–Trinajstić information content (AvgIpc) is 2.47. The highest BCUT2D eigenvalue weighted by Gasteiger charge is 2.10. The number of para-hydroxylation sites is 1. The lowest BCUT2D eigenvalue weighted by Gasteiger charge is -2.12.